The van der Waals surface area contributed by atoms with Gasteiger partial charge in [0.2, 0.25) is 5.91 Å². The third-order valence-electron chi connectivity index (χ3n) is 4.33. The molecule has 1 aliphatic rings. The van der Waals surface area contributed by atoms with E-state index in [1.54, 1.807) is 0 Å². The fraction of sp³-hybridized carbons (Fsp3) is 0.556. The van der Waals surface area contributed by atoms with Gasteiger partial charge in [-0.05, 0) is 44.8 Å². The van der Waals surface area contributed by atoms with Gasteiger partial charge in [-0.3, -0.25) is 9.59 Å². The molecule has 1 amide bonds. The Morgan fingerprint density at radius 2 is 2.09 bits per heavy atom. The molecule has 1 aromatic rings. The van der Waals surface area contributed by atoms with E-state index in [0.717, 1.165) is 37.1 Å². The molecule has 126 valence electrons. The first-order valence-corrected chi connectivity index (χ1v) is 8.22. The number of ether oxygens (including phenoxy) is 1. The van der Waals surface area contributed by atoms with Crippen molar-refractivity contribution in [3.05, 3.63) is 35.4 Å². The normalized spacial score (nSPS) is 16.6. The van der Waals surface area contributed by atoms with E-state index in [-0.39, 0.29) is 23.7 Å². The predicted octanol–water partition coefficient (Wildman–Crippen LogP) is 1.44. The summed E-state index contributed by atoms with van der Waals surface area (Å²) in [7, 11) is 1.39. The number of nitrogens with one attached hydrogen (secondary N) is 2. The van der Waals surface area contributed by atoms with Crippen LogP contribution in [0.4, 0.5) is 0 Å². The first-order chi connectivity index (χ1) is 11.1. The van der Waals surface area contributed by atoms with Crippen molar-refractivity contribution in [3.63, 3.8) is 0 Å². The van der Waals surface area contributed by atoms with Crippen LogP contribution in [0, 0.1) is 18.8 Å². The molecule has 2 rings (SSSR count). The van der Waals surface area contributed by atoms with Crippen LogP contribution in [0.5, 0.6) is 0 Å². The predicted molar refractivity (Wildman–Crippen MR) is 89.0 cm³/mol. The molecule has 2 N–H and O–H groups in total. The number of methoxy groups -OCH3 is 1. The highest BCUT2D eigenvalue weighted by Crippen LogP contribution is 2.14. The van der Waals surface area contributed by atoms with Gasteiger partial charge in [0.05, 0.1) is 13.0 Å². The number of hydrogen-bond donors (Lipinski definition) is 2. The lowest BCUT2D eigenvalue weighted by molar-refractivity contribution is -0.145. The summed E-state index contributed by atoms with van der Waals surface area (Å²) in [4.78, 5) is 24.2. The summed E-state index contributed by atoms with van der Waals surface area (Å²) < 4.78 is 4.89. The van der Waals surface area contributed by atoms with E-state index in [2.05, 4.69) is 16.7 Å². The molecule has 0 spiro atoms. The summed E-state index contributed by atoms with van der Waals surface area (Å²) in [5.41, 5.74) is 2.24. The Hall–Kier alpha value is -1.88. The highest BCUT2D eigenvalue weighted by Gasteiger charge is 2.24. The summed E-state index contributed by atoms with van der Waals surface area (Å²) in [6, 6.07) is 8.06. The van der Waals surface area contributed by atoms with E-state index in [0.29, 0.717) is 13.0 Å². The van der Waals surface area contributed by atoms with Crippen LogP contribution < -0.4 is 10.6 Å². The van der Waals surface area contributed by atoms with Gasteiger partial charge in [0.15, 0.2) is 0 Å². The zero-order valence-electron chi connectivity index (χ0n) is 13.9. The molecule has 1 atom stereocenters. The van der Waals surface area contributed by atoms with Crippen molar-refractivity contribution in [1.82, 2.24) is 10.6 Å². The van der Waals surface area contributed by atoms with Gasteiger partial charge >= 0.3 is 5.97 Å². The molecule has 1 aliphatic heterocycles. The summed E-state index contributed by atoms with van der Waals surface area (Å²) in [5.74, 6) is -0.539. The Balaban J connectivity index is 1.93. The maximum atomic E-state index is 12.2. The van der Waals surface area contributed by atoms with E-state index in [4.69, 9.17) is 4.74 Å². The van der Waals surface area contributed by atoms with Gasteiger partial charge in [-0.25, -0.2) is 0 Å². The molecule has 0 saturated carbocycles. The van der Waals surface area contributed by atoms with Gasteiger partial charge in [-0.1, -0.05) is 29.8 Å². The molecule has 0 aromatic heterocycles. The summed E-state index contributed by atoms with van der Waals surface area (Å²) in [5, 5.41) is 6.18. The number of aryl methyl sites for hydroxylation is 1. The average Bonchev–Trinajstić information content (AvgIpc) is 2.58. The van der Waals surface area contributed by atoms with Crippen LogP contribution in [0.2, 0.25) is 0 Å². The minimum Gasteiger partial charge on any atom is -0.469 e. The molecular formula is C18H26N2O3. The number of rotatable bonds is 6. The van der Waals surface area contributed by atoms with E-state index in [1.165, 1.54) is 7.11 Å². The standard InChI is InChI=1S/C18H26N2O3/c1-13-4-3-5-14(10-13)11-16(18(22)23-2)12-20-17(21)15-6-8-19-9-7-15/h3-5,10,15-16,19H,6-9,11-12H2,1-2H3,(H,20,21). The number of hydrogen-bond acceptors (Lipinski definition) is 4. The fourth-order valence-electron chi connectivity index (χ4n) is 2.98. The molecule has 0 aliphatic carbocycles. The van der Waals surface area contributed by atoms with Gasteiger partial charge in [0.1, 0.15) is 0 Å². The molecule has 0 bridgehead atoms. The number of carbonyl (C=O) groups is 2. The average molecular weight is 318 g/mol. The molecule has 1 aromatic carbocycles. The Morgan fingerprint density at radius 1 is 1.35 bits per heavy atom. The topological polar surface area (TPSA) is 67.4 Å². The van der Waals surface area contributed by atoms with Crippen LogP contribution in [0.25, 0.3) is 0 Å². The van der Waals surface area contributed by atoms with Crippen molar-refractivity contribution >= 4 is 11.9 Å². The van der Waals surface area contributed by atoms with Crippen molar-refractivity contribution in [2.24, 2.45) is 11.8 Å². The van der Waals surface area contributed by atoms with E-state index in [9.17, 15) is 9.59 Å². The molecule has 1 heterocycles. The Bertz CT molecular complexity index is 539. The minimum absolute atomic E-state index is 0.0460. The maximum Gasteiger partial charge on any atom is 0.310 e. The van der Waals surface area contributed by atoms with Crippen LogP contribution in [0.1, 0.15) is 24.0 Å². The minimum atomic E-state index is -0.354. The van der Waals surface area contributed by atoms with Gasteiger partial charge < -0.3 is 15.4 Å². The van der Waals surface area contributed by atoms with Gasteiger partial charge in [-0.15, -0.1) is 0 Å². The molecule has 1 saturated heterocycles. The van der Waals surface area contributed by atoms with Gasteiger partial charge in [-0.2, -0.15) is 0 Å². The lowest BCUT2D eigenvalue weighted by Crippen LogP contribution is -2.41. The molecule has 5 heteroatoms. The van der Waals surface area contributed by atoms with Gasteiger partial charge in [0.25, 0.3) is 0 Å². The van der Waals surface area contributed by atoms with Crippen molar-refractivity contribution < 1.29 is 14.3 Å². The highest BCUT2D eigenvalue weighted by atomic mass is 16.5. The lowest BCUT2D eigenvalue weighted by Gasteiger charge is -2.23. The Kier molecular flexibility index (Phi) is 6.59. The van der Waals surface area contributed by atoms with Crippen LogP contribution >= 0.6 is 0 Å². The summed E-state index contributed by atoms with van der Waals surface area (Å²) >= 11 is 0. The zero-order chi connectivity index (χ0) is 16.7. The number of benzene rings is 1. The van der Waals surface area contributed by atoms with E-state index in [1.807, 2.05) is 25.1 Å². The Morgan fingerprint density at radius 3 is 2.74 bits per heavy atom. The van der Waals surface area contributed by atoms with Crippen LogP contribution in [0.3, 0.4) is 0 Å². The maximum absolute atomic E-state index is 12.2. The molecule has 5 nitrogen and oxygen atoms in total. The van der Waals surface area contributed by atoms with Crippen molar-refractivity contribution in [2.75, 3.05) is 26.7 Å². The second kappa shape index (κ2) is 8.67. The molecule has 1 unspecified atom stereocenters. The van der Waals surface area contributed by atoms with E-state index >= 15 is 0 Å². The second-order valence-corrected chi connectivity index (χ2v) is 6.18. The molecular weight excluding hydrogens is 292 g/mol. The highest BCUT2D eigenvalue weighted by molar-refractivity contribution is 5.80. The van der Waals surface area contributed by atoms with Crippen molar-refractivity contribution in [1.29, 1.82) is 0 Å². The van der Waals surface area contributed by atoms with Gasteiger partial charge in [0, 0.05) is 12.5 Å². The quantitative estimate of drug-likeness (QED) is 0.779. The largest absolute Gasteiger partial charge is 0.469 e. The SMILES string of the molecule is COC(=O)C(CNC(=O)C1CCNCC1)Cc1cccc(C)c1. The second-order valence-electron chi connectivity index (χ2n) is 6.18. The van der Waals surface area contributed by atoms with Crippen LogP contribution in [-0.4, -0.2) is 38.6 Å². The monoisotopic (exact) mass is 318 g/mol. The fourth-order valence-corrected chi connectivity index (χ4v) is 2.98. The molecule has 1 fully saturated rings. The third-order valence-corrected chi connectivity index (χ3v) is 4.33. The smallest absolute Gasteiger partial charge is 0.310 e. The summed E-state index contributed by atoms with van der Waals surface area (Å²) in [6.45, 7) is 4.10. The van der Waals surface area contributed by atoms with Crippen molar-refractivity contribution in [3.8, 4) is 0 Å². The molecule has 0 radical (unpaired) electrons. The van der Waals surface area contributed by atoms with E-state index < -0.39 is 0 Å². The van der Waals surface area contributed by atoms with Crippen molar-refractivity contribution in [2.45, 2.75) is 26.2 Å². The Labute approximate surface area is 137 Å². The van der Waals surface area contributed by atoms with Crippen LogP contribution in [-0.2, 0) is 20.7 Å². The lowest BCUT2D eigenvalue weighted by atomic mass is 9.95. The summed E-state index contributed by atoms with van der Waals surface area (Å²) in [6.07, 6.45) is 2.28. The number of carbonyl (C=O) groups excluding carboxylic acids is 2. The number of piperidine rings is 1. The first kappa shape index (κ1) is 17.5. The van der Waals surface area contributed by atoms with Crippen LogP contribution in [0.15, 0.2) is 24.3 Å². The third kappa shape index (κ3) is 5.36. The first-order valence-electron chi connectivity index (χ1n) is 8.22. The molecule has 23 heavy (non-hydrogen) atoms. The number of amides is 1. The number of esters is 1. The zero-order valence-corrected chi connectivity index (χ0v) is 13.9.